The number of rotatable bonds is 9. The lowest BCUT2D eigenvalue weighted by Crippen LogP contribution is -2.31. The van der Waals surface area contributed by atoms with Gasteiger partial charge in [-0.15, -0.1) is 0 Å². The zero-order chi connectivity index (χ0) is 17.0. The predicted molar refractivity (Wildman–Crippen MR) is 71.1 cm³/mol. The third kappa shape index (κ3) is 15.7. The number of carbonyl (C=O) groups excluding carboxylic acids is 1. The molecule has 0 saturated heterocycles. The molecule has 0 aliphatic heterocycles. The molecule has 0 aliphatic rings. The molecule has 0 aromatic carbocycles. The first-order valence-electron chi connectivity index (χ1n) is 6.04. The number of primary amides is 1. The van der Waals surface area contributed by atoms with Crippen LogP contribution in [-0.2, 0) is 19.2 Å². The van der Waals surface area contributed by atoms with Crippen LogP contribution in [0.2, 0.25) is 0 Å². The highest BCUT2D eigenvalue weighted by atomic mass is 16.4. The number of amides is 1. The fourth-order valence-corrected chi connectivity index (χ4v) is 1.02. The van der Waals surface area contributed by atoms with Gasteiger partial charge in [-0.05, 0) is 19.3 Å². The van der Waals surface area contributed by atoms with Crippen molar-refractivity contribution in [2.75, 3.05) is 0 Å². The minimum Gasteiger partial charge on any atom is -0.481 e. The van der Waals surface area contributed by atoms with E-state index >= 15 is 0 Å². The maximum absolute atomic E-state index is 10.1. The molecule has 10 nitrogen and oxygen atoms in total. The molecule has 0 saturated carbocycles. The second-order valence-corrected chi connectivity index (χ2v) is 4.18. The minimum atomic E-state index is -1.11. The summed E-state index contributed by atoms with van der Waals surface area (Å²) in [7, 11) is 0. The van der Waals surface area contributed by atoms with E-state index in [1.807, 2.05) is 0 Å². The second-order valence-electron chi connectivity index (χ2n) is 4.18. The Kier molecular flexibility index (Phi) is 11.7. The van der Waals surface area contributed by atoms with Gasteiger partial charge < -0.3 is 32.5 Å². The Labute approximate surface area is 120 Å². The highest BCUT2D eigenvalue weighted by Gasteiger charge is 2.11. The van der Waals surface area contributed by atoms with Crippen molar-refractivity contribution in [3.8, 4) is 0 Å². The van der Waals surface area contributed by atoms with E-state index in [1.165, 1.54) is 0 Å². The zero-order valence-corrected chi connectivity index (χ0v) is 11.4. The number of aliphatic carboxylic acids is 3. The molecular formula is C11H21N3O7. The molecule has 0 radical (unpaired) electrons. The van der Waals surface area contributed by atoms with Crippen LogP contribution in [0.25, 0.3) is 0 Å². The highest BCUT2D eigenvalue weighted by molar-refractivity contribution is 5.77. The summed E-state index contributed by atoms with van der Waals surface area (Å²) in [6.45, 7) is 0. The van der Waals surface area contributed by atoms with E-state index in [9.17, 15) is 19.2 Å². The molecule has 1 amide bonds. The van der Waals surface area contributed by atoms with E-state index in [0.717, 1.165) is 0 Å². The molecule has 0 rings (SSSR count). The van der Waals surface area contributed by atoms with Gasteiger partial charge in [-0.25, -0.2) is 0 Å². The molecule has 0 aromatic rings. The Morgan fingerprint density at radius 3 is 1.57 bits per heavy atom. The van der Waals surface area contributed by atoms with Gasteiger partial charge in [-0.3, -0.25) is 19.2 Å². The van der Waals surface area contributed by atoms with Gasteiger partial charge in [0.1, 0.15) is 12.1 Å². The molecule has 10 heteroatoms. The second kappa shape index (κ2) is 11.6. The van der Waals surface area contributed by atoms with Gasteiger partial charge in [-0.2, -0.15) is 0 Å². The molecule has 0 aliphatic carbocycles. The quantitative estimate of drug-likeness (QED) is 0.287. The Bertz CT molecular complexity index is 373. The van der Waals surface area contributed by atoms with E-state index in [1.54, 1.807) is 0 Å². The fraction of sp³-hybridized carbons (Fsp3) is 0.636. The summed E-state index contributed by atoms with van der Waals surface area (Å²) in [4.78, 5) is 40.2. The molecule has 0 bridgehead atoms. The summed E-state index contributed by atoms with van der Waals surface area (Å²) in [6, 6.07) is -1.91. The van der Waals surface area contributed by atoms with Crippen LogP contribution in [-0.4, -0.2) is 51.2 Å². The normalized spacial score (nSPS) is 12.5. The molecular weight excluding hydrogens is 286 g/mol. The van der Waals surface area contributed by atoms with Gasteiger partial charge in [0.15, 0.2) is 0 Å². The standard InChI is InChI=1S/C6H11NO4.C5H10N2O3/c7-4(6(10)11)2-1-3-5(8)9;6-3(5(9)10)1-2-4(7)8/h4H,1-3,7H2,(H,8,9)(H,10,11);3H,1-2,6H2,(H2,7,8)(H,9,10)/t;3-/m.0/s1. The summed E-state index contributed by atoms with van der Waals surface area (Å²) < 4.78 is 0. The van der Waals surface area contributed by atoms with Gasteiger partial charge in [0, 0.05) is 12.8 Å². The van der Waals surface area contributed by atoms with Gasteiger partial charge in [0.05, 0.1) is 0 Å². The molecule has 0 aromatic heterocycles. The molecule has 122 valence electrons. The van der Waals surface area contributed by atoms with Gasteiger partial charge in [0.2, 0.25) is 5.91 Å². The molecule has 0 heterocycles. The monoisotopic (exact) mass is 307 g/mol. The maximum atomic E-state index is 10.1. The summed E-state index contributed by atoms with van der Waals surface area (Å²) in [5.74, 6) is -3.66. The van der Waals surface area contributed by atoms with Crippen molar-refractivity contribution in [3.63, 3.8) is 0 Å². The van der Waals surface area contributed by atoms with Crippen LogP contribution < -0.4 is 17.2 Å². The zero-order valence-electron chi connectivity index (χ0n) is 11.4. The van der Waals surface area contributed by atoms with Crippen LogP contribution in [0, 0.1) is 0 Å². The third-order valence-electron chi connectivity index (χ3n) is 2.24. The van der Waals surface area contributed by atoms with E-state index in [-0.39, 0.29) is 25.7 Å². The van der Waals surface area contributed by atoms with E-state index in [2.05, 4.69) is 0 Å². The van der Waals surface area contributed by atoms with Crippen molar-refractivity contribution in [3.05, 3.63) is 0 Å². The lowest BCUT2D eigenvalue weighted by molar-refractivity contribution is -0.140. The summed E-state index contributed by atoms with van der Waals surface area (Å²) in [6.07, 6.45) is 0.615. The summed E-state index contributed by atoms with van der Waals surface area (Å²) >= 11 is 0. The number of carbonyl (C=O) groups is 4. The molecule has 0 spiro atoms. The van der Waals surface area contributed by atoms with Crippen LogP contribution in [0.5, 0.6) is 0 Å². The lowest BCUT2D eigenvalue weighted by Gasteiger charge is -2.02. The van der Waals surface area contributed by atoms with Gasteiger partial charge in [0.25, 0.3) is 0 Å². The van der Waals surface area contributed by atoms with Gasteiger partial charge in [-0.1, -0.05) is 0 Å². The van der Waals surface area contributed by atoms with Crippen LogP contribution in [0.4, 0.5) is 0 Å². The Morgan fingerprint density at radius 2 is 1.24 bits per heavy atom. The number of nitrogens with two attached hydrogens (primary N) is 3. The topological polar surface area (TPSA) is 207 Å². The van der Waals surface area contributed by atoms with E-state index in [0.29, 0.717) is 6.42 Å². The first-order valence-corrected chi connectivity index (χ1v) is 6.04. The Balaban J connectivity index is 0. The van der Waals surface area contributed by atoms with Crippen LogP contribution in [0.1, 0.15) is 32.1 Å². The van der Waals surface area contributed by atoms with Crippen LogP contribution in [0.15, 0.2) is 0 Å². The molecule has 9 N–H and O–H groups in total. The van der Waals surface area contributed by atoms with E-state index < -0.39 is 35.9 Å². The largest absolute Gasteiger partial charge is 0.481 e. The number of hydrogen-bond donors (Lipinski definition) is 6. The van der Waals surface area contributed by atoms with Crippen molar-refractivity contribution in [2.24, 2.45) is 17.2 Å². The van der Waals surface area contributed by atoms with Gasteiger partial charge >= 0.3 is 17.9 Å². The smallest absolute Gasteiger partial charge is 0.320 e. The van der Waals surface area contributed by atoms with Crippen molar-refractivity contribution in [1.29, 1.82) is 0 Å². The first-order chi connectivity index (χ1) is 9.57. The Morgan fingerprint density at radius 1 is 0.810 bits per heavy atom. The van der Waals surface area contributed by atoms with Crippen molar-refractivity contribution in [2.45, 2.75) is 44.2 Å². The van der Waals surface area contributed by atoms with Crippen LogP contribution >= 0.6 is 0 Å². The van der Waals surface area contributed by atoms with Crippen molar-refractivity contribution < 1.29 is 34.5 Å². The summed E-state index contributed by atoms with van der Waals surface area (Å²) in [5.41, 5.74) is 14.9. The maximum Gasteiger partial charge on any atom is 0.320 e. The van der Waals surface area contributed by atoms with Crippen LogP contribution in [0.3, 0.4) is 0 Å². The minimum absolute atomic E-state index is 0.0213. The summed E-state index contributed by atoms with van der Waals surface area (Å²) in [5, 5.41) is 24.7. The number of hydrogen-bond acceptors (Lipinski definition) is 6. The molecule has 1 unspecified atom stereocenters. The average Bonchev–Trinajstić information content (AvgIpc) is 2.35. The third-order valence-corrected chi connectivity index (χ3v) is 2.24. The predicted octanol–water partition coefficient (Wildman–Crippen LogP) is -1.68. The van der Waals surface area contributed by atoms with E-state index in [4.69, 9.17) is 32.5 Å². The fourth-order valence-electron chi connectivity index (χ4n) is 1.02. The molecule has 2 atom stereocenters. The SMILES string of the molecule is NC(=O)CC[C@H](N)C(=O)O.NC(CCCC(=O)O)C(=O)O. The lowest BCUT2D eigenvalue weighted by atomic mass is 10.1. The molecule has 21 heavy (non-hydrogen) atoms. The average molecular weight is 307 g/mol. The highest BCUT2D eigenvalue weighted by Crippen LogP contribution is 1.98. The first kappa shape index (κ1) is 21.1. The van der Waals surface area contributed by atoms with Crippen molar-refractivity contribution in [1.82, 2.24) is 0 Å². The number of carboxylic acid groups (broad SMARTS) is 3. The number of carboxylic acids is 3. The van der Waals surface area contributed by atoms with Crippen molar-refractivity contribution >= 4 is 23.8 Å². The Hall–Kier alpha value is -2.20. The molecule has 0 fully saturated rings.